The topological polar surface area (TPSA) is 131 Å². The van der Waals surface area contributed by atoms with Crippen molar-refractivity contribution in [2.75, 3.05) is 5.32 Å². The lowest BCUT2D eigenvalue weighted by atomic mass is 10.1. The summed E-state index contributed by atoms with van der Waals surface area (Å²) in [6.07, 6.45) is 2.81. The lowest BCUT2D eigenvalue weighted by molar-refractivity contribution is -0.113. The van der Waals surface area contributed by atoms with Crippen LogP contribution < -0.4 is 16.6 Å². The molecule has 1 amide bonds. The van der Waals surface area contributed by atoms with Crippen molar-refractivity contribution in [3.63, 3.8) is 0 Å². The molecule has 0 bridgehead atoms. The van der Waals surface area contributed by atoms with Gasteiger partial charge in [0.2, 0.25) is 9.84 Å². The quantitative estimate of drug-likeness (QED) is 0.527. The highest BCUT2D eigenvalue weighted by Gasteiger charge is 2.38. The predicted octanol–water partition coefficient (Wildman–Crippen LogP) is 2.70. The van der Waals surface area contributed by atoms with E-state index in [1.807, 2.05) is 0 Å². The second kappa shape index (κ2) is 7.45. The highest BCUT2D eigenvalue weighted by Crippen LogP contribution is 2.41. The number of rotatable bonds is 5. The Kier molecular flexibility index (Phi) is 4.78. The summed E-state index contributed by atoms with van der Waals surface area (Å²) >= 11 is 0. The number of benzene rings is 2. The molecule has 1 aromatic heterocycles. The van der Waals surface area contributed by atoms with E-state index in [2.05, 4.69) is 5.32 Å². The Bertz CT molecular complexity index is 1540. The van der Waals surface area contributed by atoms with Crippen molar-refractivity contribution in [1.82, 2.24) is 4.57 Å². The van der Waals surface area contributed by atoms with Crippen molar-refractivity contribution in [3.05, 3.63) is 69.1 Å². The zero-order valence-electron chi connectivity index (χ0n) is 17.3. The molecule has 5 rings (SSSR count). The number of carbonyl (C=O) groups excluding carboxylic acids is 1. The molecule has 1 aliphatic carbocycles. The third-order valence-corrected chi connectivity index (χ3v) is 7.94. The summed E-state index contributed by atoms with van der Waals surface area (Å²) in [7, 11) is -4.39. The fraction of sp³-hybridized carbons (Fsp3) is 0.217. The minimum absolute atomic E-state index is 0.0229. The molecular formula is C23H20FN3O5S. The Labute approximate surface area is 188 Å². The number of halogens is 1. The van der Waals surface area contributed by atoms with Crippen LogP contribution in [0.15, 0.2) is 57.1 Å². The van der Waals surface area contributed by atoms with Gasteiger partial charge in [-0.05, 0) is 42.7 Å². The third kappa shape index (κ3) is 3.37. The largest absolute Gasteiger partial charge is 0.506 e. The minimum Gasteiger partial charge on any atom is -0.506 e. The van der Waals surface area contributed by atoms with E-state index < -0.39 is 49.0 Å². The van der Waals surface area contributed by atoms with E-state index in [0.717, 1.165) is 18.9 Å². The van der Waals surface area contributed by atoms with Gasteiger partial charge in [0.15, 0.2) is 4.91 Å². The Hall–Kier alpha value is -3.66. The van der Waals surface area contributed by atoms with Crippen molar-refractivity contribution in [2.45, 2.75) is 30.7 Å². The van der Waals surface area contributed by atoms with Crippen molar-refractivity contribution in [2.24, 2.45) is 11.7 Å². The summed E-state index contributed by atoms with van der Waals surface area (Å²) in [5.74, 6) is -2.08. The molecule has 0 radical (unpaired) electrons. The maximum atomic E-state index is 14.1. The monoisotopic (exact) mass is 469 g/mol. The molecule has 3 aromatic rings. The zero-order chi connectivity index (χ0) is 23.5. The van der Waals surface area contributed by atoms with Crippen LogP contribution in [-0.4, -0.2) is 24.0 Å². The van der Waals surface area contributed by atoms with E-state index in [9.17, 15) is 27.5 Å². The van der Waals surface area contributed by atoms with Crippen molar-refractivity contribution in [3.8, 4) is 5.75 Å². The highest BCUT2D eigenvalue weighted by atomic mass is 32.2. The third-order valence-electron chi connectivity index (χ3n) is 6.06. The molecule has 170 valence electrons. The number of amides is 1. The van der Waals surface area contributed by atoms with Gasteiger partial charge in [-0.2, -0.15) is 0 Å². The summed E-state index contributed by atoms with van der Waals surface area (Å²) in [6, 6.07) is 9.49. The van der Waals surface area contributed by atoms with Crippen LogP contribution in [0.25, 0.3) is 16.6 Å². The van der Waals surface area contributed by atoms with Crippen LogP contribution in [0, 0.1) is 11.7 Å². The number of sulfone groups is 1. The van der Waals surface area contributed by atoms with E-state index in [1.165, 1.54) is 34.9 Å². The predicted molar refractivity (Wildman–Crippen MR) is 121 cm³/mol. The Balaban J connectivity index is 1.85. The number of nitrogens with two attached hydrogens (primary N) is 1. The number of aryl methyl sites for hydroxylation is 1. The number of pyridine rings is 1. The molecule has 2 aliphatic rings. The number of anilines is 1. The molecule has 1 aliphatic heterocycles. The lowest BCUT2D eigenvalue weighted by Crippen LogP contribution is -2.32. The number of nitrogens with zero attached hydrogens (tertiary/aromatic N) is 1. The summed E-state index contributed by atoms with van der Waals surface area (Å²) in [4.78, 5) is 24.9. The number of aromatic nitrogens is 1. The van der Waals surface area contributed by atoms with Crippen molar-refractivity contribution in [1.29, 1.82) is 0 Å². The first kappa shape index (κ1) is 21.2. The standard InChI is InChI=1S/C23H20FN3O5S/c24-13-7-8-16-14(11-13)20(28)18(23(30)27(16)10-9-12-5-6-12)19-21(22(25)29)33(31,32)17-4-2-1-3-15(17)26-19/h1-4,7-8,11-12,26,28H,5-6,9-10H2,(H2,25,29). The van der Waals surface area contributed by atoms with Crippen LogP contribution in [0.1, 0.15) is 24.8 Å². The fourth-order valence-corrected chi connectivity index (χ4v) is 5.82. The van der Waals surface area contributed by atoms with E-state index in [-0.39, 0.29) is 16.0 Å². The molecule has 1 saturated carbocycles. The van der Waals surface area contributed by atoms with Gasteiger partial charge in [0.25, 0.3) is 11.5 Å². The molecule has 0 spiro atoms. The number of para-hydroxylation sites is 1. The molecule has 8 nitrogen and oxygen atoms in total. The second-order valence-electron chi connectivity index (χ2n) is 8.27. The van der Waals surface area contributed by atoms with Gasteiger partial charge >= 0.3 is 0 Å². The molecule has 33 heavy (non-hydrogen) atoms. The van der Waals surface area contributed by atoms with Crippen LogP contribution in [-0.2, 0) is 21.2 Å². The number of carbonyl (C=O) groups is 1. The molecule has 0 saturated heterocycles. The van der Waals surface area contributed by atoms with Gasteiger partial charge < -0.3 is 20.7 Å². The van der Waals surface area contributed by atoms with Gasteiger partial charge in [0.05, 0.1) is 21.8 Å². The molecule has 2 heterocycles. The summed E-state index contributed by atoms with van der Waals surface area (Å²) in [5, 5.41) is 13.9. The average Bonchev–Trinajstić information content (AvgIpc) is 3.58. The summed E-state index contributed by atoms with van der Waals surface area (Å²) in [6.45, 7) is 0.293. The smallest absolute Gasteiger partial charge is 0.264 e. The van der Waals surface area contributed by atoms with E-state index >= 15 is 0 Å². The number of aromatic hydroxyl groups is 1. The molecule has 1 fully saturated rings. The van der Waals surface area contributed by atoms with Crippen LogP contribution in [0.2, 0.25) is 0 Å². The van der Waals surface area contributed by atoms with E-state index in [1.54, 1.807) is 6.07 Å². The first-order valence-electron chi connectivity index (χ1n) is 10.4. The Morgan fingerprint density at radius 1 is 1.21 bits per heavy atom. The van der Waals surface area contributed by atoms with Gasteiger partial charge in [0.1, 0.15) is 17.1 Å². The molecule has 10 heteroatoms. The van der Waals surface area contributed by atoms with Crippen LogP contribution >= 0.6 is 0 Å². The second-order valence-corrected chi connectivity index (χ2v) is 10.1. The van der Waals surface area contributed by atoms with Gasteiger partial charge in [-0.1, -0.05) is 25.0 Å². The first-order chi connectivity index (χ1) is 15.7. The number of hydrogen-bond donors (Lipinski definition) is 3. The maximum Gasteiger partial charge on any atom is 0.264 e. The molecular weight excluding hydrogens is 449 g/mol. The number of nitrogens with one attached hydrogen (secondary N) is 1. The molecule has 0 unspecified atom stereocenters. The molecule has 0 atom stereocenters. The van der Waals surface area contributed by atoms with Gasteiger partial charge in [-0.25, -0.2) is 12.8 Å². The van der Waals surface area contributed by atoms with Gasteiger partial charge in [-0.3, -0.25) is 9.59 Å². The van der Waals surface area contributed by atoms with E-state index in [4.69, 9.17) is 5.73 Å². The average molecular weight is 469 g/mol. The fourth-order valence-electron chi connectivity index (χ4n) is 4.25. The van der Waals surface area contributed by atoms with E-state index in [0.29, 0.717) is 24.4 Å². The number of fused-ring (bicyclic) bond motifs is 2. The van der Waals surface area contributed by atoms with Crippen molar-refractivity contribution >= 4 is 38.0 Å². The molecule has 2 aromatic carbocycles. The molecule has 4 N–H and O–H groups in total. The van der Waals surface area contributed by atoms with Crippen molar-refractivity contribution < 1.29 is 22.7 Å². The maximum absolute atomic E-state index is 14.1. The van der Waals surface area contributed by atoms with Gasteiger partial charge in [-0.15, -0.1) is 0 Å². The Morgan fingerprint density at radius 3 is 2.64 bits per heavy atom. The zero-order valence-corrected chi connectivity index (χ0v) is 18.2. The minimum atomic E-state index is -4.39. The number of hydrogen-bond acceptors (Lipinski definition) is 6. The Morgan fingerprint density at radius 2 is 1.94 bits per heavy atom. The van der Waals surface area contributed by atoms with Gasteiger partial charge in [0, 0.05) is 11.9 Å². The van der Waals surface area contributed by atoms with Crippen LogP contribution in [0.4, 0.5) is 10.1 Å². The first-order valence-corrected chi connectivity index (χ1v) is 11.9. The van der Waals surface area contributed by atoms with Crippen LogP contribution in [0.5, 0.6) is 5.75 Å². The lowest BCUT2D eigenvalue weighted by Gasteiger charge is -2.24. The highest BCUT2D eigenvalue weighted by molar-refractivity contribution is 7.96. The van der Waals surface area contributed by atoms with Crippen LogP contribution in [0.3, 0.4) is 0 Å². The SMILES string of the molecule is NC(=O)C1=C(c2c(O)c3cc(F)ccc3n(CCC3CC3)c2=O)Nc2ccccc2S1(=O)=O. The summed E-state index contributed by atoms with van der Waals surface area (Å²) < 4.78 is 41.9. The summed E-state index contributed by atoms with van der Waals surface area (Å²) in [5.41, 5.74) is 4.30. The number of primary amides is 1. The normalized spacial score (nSPS) is 17.0.